The molecule has 0 fully saturated rings. The van der Waals surface area contributed by atoms with Crippen LogP contribution in [0.2, 0.25) is 0 Å². The van der Waals surface area contributed by atoms with E-state index in [2.05, 4.69) is 9.97 Å². The van der Waals surface area contributed by atoms with Gasteiger partial charge in [-0.1, -0.05) is 18.2 Å². The number of rotatable bonds is 4. The first-order valence-corrected chi connectivity index (χ1v) is 10.9. The van der Waals surface area contributed by atoms with Crippen LogP contribution in [-0.4, -0.2) is 24.6 Å². The zero-order valence-electron chi connectivity index (χ0n) is 16.1. The molecule has 1 heterocycles. The number of hydrogen-bond donors (Lipinski definition) is 0. The second kappa shape index (κ2) is 7.66. The second-order valence-corrected chi connectivity index (χ2v) is 8.80. The van der Waals surface area contributed by atoms with Crippen molar-refractivity contribution in [2.45, 2.75) is 11.1 Å². The number of alkyl halides is 3. The van der Waals surface area contributed by atoms with E-state index in [9.17, 15) is 21.6 Å². The van der Waals surface area contributed by atoms with E-state index in [4.69, 9.17) is 4.74 Å². The lowest BCUT2D eigenvalue weighted by Gasteiger charge is -2.13. The van der Waals surface area contributed by atoms with E-state index in [1.807, 2.05) is 0 Å². The van der Waals surface area contributed by atoms with Gasteiger partial charge in [0.05, 0.1) is 15.9 Å². The largest absolute Gasteiger partial charge is 0.457 e. The first-order chi connectivity index (χ1) is 14.6. The van der Waals surface area contributed by atoms with Crippen molar-refractivity contribution in [2.24, 2.45) is 0 Å². The Labute approximate surface area is 176 Å². The van der Waals surface area contributed by atoms with Crippen LogP contribution in [0.5, 0.6) is 11.5 Å². The highest BCUT2D eigenvalue weighted by Crippen LogP contribution is 2.36. The van der Waals surface area contributed by atoms with E-state index < -0.39 is 21.7 Å². The molecule has 0 aliphatic carbocycles. The molecule has 4 aromatic rings. The molecule has 0 unspecified atom stereocenters. The molecule has 4 rings (SSSR count). The highest BCUT2D eigenvalue weighted by molar-refractivity contribution is 7.90. The Morgan fingerprint density at radius 3 is 2.06 bits per heavy atom. The van der Waals surface area contributed by atoms with Crippen molar-refractivity contribution in [3.05, 3.63) is 78.5 Å². The Kier molecular flexibility index (Phi) is 5.14. The monoisotopic (exact) mass is 444 g/mol. The van der Waals surface area contributed by atoms with Crippen LogP contribution < -0.4 is 4.74 Å². The van der Waals surface area contributed by atoms with Crippen molar-refractivity contribution < 1.29 is 26.3 Å². The molecule has 3 aromatic carbocycles. The van der Waals surface area contributed by atoms with Gasteiger partial charge < -0.3 is 4.74 Å². The quantitative estimate of drug-likeness (QED) is 0.415. The number of benzene rings is 3. The lowest BCUT2D eigenvalue weighted by molar-refractivity contribution is -0.140. The third kappa shape index (κ3) is 4.51. The van der Waals surface area contributed by atoms with Gasteiger partial charge in [0.1, 0.15) is 17.2 Å². The van der Waals surface area contributed by atoms with E-state index in [0.717, 1.165) is 6.26 Å². The predicted octanol–water partition coefficient (Wildman–Crippen LogP) is 5.51. The van der Waals surface area contributed by atoms with Gasteiger partial charge >= 0.3 is 6.18 Å². The predicted molar refractivity (Wildman–Crippen MR) is 110 cm³/mol. The van der Waals surface area contributed by atoms with Gasteiger partial charge in [-0.05, 0) is 54.6 Å². The standard InChI is InChI=1S/C22H15F3N2O3S/c1-31(28,29)17-6-4-5-16(13-17)30-15-11-9-14(10-12-15)20-21(22(23,24)25)27-19-8-3-2-7-18(19)26-20/h2-13H,1H3. The van der Waals surface area contributed by atoms with Gasteiger partial charge in [0.15, 0.2) is 15.5 Å². The highest BCUT2D eigenvalue weighted by atomic mass is 32.2. The fraction of sp³-hybridized carbons (Fsp3) is 0.0909. The summed E-state index contributed by atoms with van der Waals surface area (Å²) in [5.41, 5.74) is -0.618. The Morgan fingerprint density at radius 2 is 1.45 bits per heavy atom. The molecule has 0 N–H and O–H groups in total. The van der Waals surface area contributed by atoms with Gasteiger partial charge in [-0.15, -0.1) is 0 Å². The van der Waals surface area contributed by atoms with Gasteiger partial charge in [-0.2, -0.15) is 13.2 Å². The molecule has 0 spiro atoms. The molecule has 5 nitrogen and oxygen atoms in total. The molecule has 0 amide bonds. The van der Waals surface area contributed by atoms with Crippen LogP contribution >= 0.6 is 0 Å². The molecule has 0 aliphatic rings. The number of hydrogen-bond acceptors (Lipinski definition) is 5. The Bertz CT molecular complexity index is 1370. The minimum atomic E-state index is -4.67. The molecule has 0 saturated carbocycles. The van der Waals surface area contributed by atoms with Crippen molar-refractivity contribution in [3.8, 4) is 22.8 Å². The minimum absolute atomic E-state index is 0.0999. The van der Waals surface area contributed by atoms with E-state index in [-0.39, 0.29) is 27.4 Å². The summed E-state index contributed by atoms with van der Waals surface area (Å²) in [7, 11) is -3.40. The van der Waals surface area contributed by atoms with Crippen molar-refractivity contribution in [3.63, 3.8) is 0 Å². The summed E-state index contributed by atoms with van der Waals surface area (Å²) < 4.78 is 69.8. The fourth-order valence-corrected chi connectivity index (χ4v) is 3.64. The molecule has 0 bridgehead atoms. The van der Waals surface area contributed by atoms with Crippen LogP contribution in [0, 0.1) is 0 Å². The Morgan fingerprint density at radius 1 is 0.806 bits per heavy atom. The summed E-state index contributed by atoms with van der Waals surface area (Å²) in [4.78, 5) is 8.04. The number of fused-ring (bicyclic) bond motifs is 1. The molecular weight excluding hydrogens is 429 g/mol. The van der Waals surface area contributed by atoms with E-state index in [0.29, 0.717) is 11.3 Å². The van der Waals surface area contributed by atoms with Crippen LogP contribution in [0.1, 0.15) is 5.69 Å². The lowest BCUT2D eigenvalue weighted by Crippen LogP contribution is -2.12. The molecule has 0 radical (unpaired) electrons. The second-order valence-electron chi connectivity index (χ2n) is 6.78. The first kappa shape index (κ1) is 20.8. The van der Waals surface area contributed by atoms with E-state index in [1.165, 1.54) is 42.5 Å². The molecular formula is C22H15F3N2O3S. The molecule has 0 aliphatic heterocycles. The van der Waals surface area contributed by atoms with Crippen molar-refractivity contribution in [1.29, 1.82) is 0 Å². The Hall–Kier alpha value is -3.46. The number of ether oxygens (including phenoxy) is 1. The summed E-state index contributed by atoms with van der Waals surface area (Å²) in [6, 6.07) is 18.2. The summed E-state index contributed by atoms with van der Waals surface area (Å²) in [6.45, 7) is 0. The normalized spacial score (nSPS) is 12.1. The highest BCUT2D eigenvalue weighted by Gasteiger charge is 2.37. The average molecular weight is 444 g/mol. The third-order valence-electron chi connectivity index (χ3n) is 4.44. The van der Waals surface area contributed by atoms with Crippen molar-refractivity contribution >= 4 is 20.9 Å². The van der Waals surface area contributed by atoms with Gasteiger partial charge in [-0.3, -0.25) is 0 Å². The summed E-state index contributed by atoms with van der Waals surface area (Å²) in [6.07, 6.45) is -3.59. The minimum Gasteiger partial charge on any atom is -0.457 e. The smallest absolute Gasteiger partial charge is 0.435 e. The summed E-state index contributed by atoms with van der Waals surface area (Å²) in [5, 5.41) is 0. The van der Waals surface area contributed by atoms with Gasteiger partial charge in [0.25, 0.3) is 0 Å². The van der Waals surface area contributed by atoms with Crippen LogP contribution in [-0.2, 0) is 16.0 Å². The molecule has 31 heavy (non-hydrogen) atoms. The topological polar surface area (TPSA) is 69.2 Å². The average Bonchev–Trinajstić information content (AvgIpc) is 2.72. The lowest BCUT2D eigenvalue weighted by atomic mass is 10.1. The maximum atomic E-state index is 13.6. The van der Waals surface area contributed by atoms with Gasteiger partial charge in [0.2, 0.25) is 0 Å². The van der Waals surface area contributed by atoms with Crippen LogP contribution in [0.4, 0.5) is 13.2 Å². The molecule has 1 aromatic heterocycles. The SMILES string of the molecule is CS(=O)(=O)c1cccc(Oc2ccc(-c3nc4ccccc4nc3C(F)(F)F)cc2)c1. The van der Waals surface area contributed by atoms with Crippen LogP contribution in [0.25, 0.3) is 22.3 Å². The van der Waals surface area contributed by atoms with Gasteiger partial charge in [-0.25, -0.2) is 18.4 Å². The Balaban J connectivity index is 1.70. The van der Waals surface area contributed by atoms with Crippen molar-refractivity contribution in [1.82, 2.24) is 9.97 Å². The van der Waals surface area contributed by atoms with E-state index in [1.54, 1.807) is 30.3 Å². The third-order valence-corrected chi connectivity index (χ3v) is 5.55. The van der Waals surface area contributed by atoms with Crippen LogP contribution in [0.3, 0.4) is 0 Å². The number of halogens is 3. The summed E-state index contributed by atoms with van der Waals surface area (Å²) in [5.74, 6) is 0.619. The molecule has 158 valence electrons. The fourth-order valence-electron chi connectivity index (χ4n) is 2.98. The number of nitrogens with zero attached hydrogens (tertiary/aromatic N) is 2. The number of para-hydroxylation sites is 2. The molecule has 0 atom stereocenters. The zero-order valence-corrected chi connectivity index (χ0v) is 16.9. The molecule has 0 saturated heterocycles. The van der Waals surface area contributed by atoms with E-state index >= 15 is 0 Å². The summed E-state index contributed by atoms with van der Waals surface area (Å²) >= 11 is 0. The molecule has 9 heteroatoms. The van der Waals surface area contributed by atoms with Gasteiger partial charge in [0, 0.05) is 11.8 Å². The number of aromatic nitrogens is 2. The maximum absolute atomic E-state index is 13.6. The first-order valence-electron chi connectivity index (χ1n) is 9.04. The van der Waals surface area contributed by atoms with Crippen LogP contribution in [0.15, 0.2) is 77.7 Å². The van der Waals surface area contributed by atoms with Crippen molar-refractivity contribution in [2.75, 3.05) is 6.26 Å². The zero-order chi connectivity index (χ0) is 22.2. The maximum Gasteiger partial charge on any atom is 0.435 e. The number of sulfone groups is 1.